The molecule has 0 unspecified atom stereocenters. The zero-order chi connectivity index (χ0) is 20.8. The molecule has 0 aromatic heterocycles. The molecule has 0 atom stereocenters. The highest BCUT2D eigenvalue weighted by Gasteiger charge is 2.22. The number of nitro benzene ring substituents is 1. The van der Waals surface area contributed by atoms with Gasteiger partial charge < -0.3 is 14.8 Å². The van der Waals surface area contributed by atoms with E-state index in [4.69, 9.17) is 9.47 Å². The van der Waals surface area contributed by atoms with Crippen LogP contribution >= 0.6 is 0 Å². The first-order valence-electron chi connectivity index (χ1n) is 9.20. The van der Waals surface area contributed by atoms with Gasteiger partial charge in [-0.15, -0.1) is 0 Å². The molecule has 3 rings (SSSR count). The fourth-order valence-electron chi connectivity index (χ4n) is 3.09. The van der Waals surface area contributed by atoms with Gasteiger partial charge in [-0.2, -0.15) is 0 Å². The van der Waals surface area contributed by atoms with Crippen LogP contribution in [0.2, 0.25) is 0 Å². The SMILES string of the molecule is CCN(CC(=O)NCc1ccc(F)cc1)Cc1cc([N+](=O)[O-])cc2c1OCOC2. The number of likely N-dealkylation sites (N-methyl/N-ethyl adjacent to an activating group) is 1. The number of nitro groups is 1. The third kappa shape index (κ3) is 5.49. The van der Waals surface area contributed by atoms with Crippen LogP contribution in [0.1, 0.15) is 23.6 Å². The predicted molar refractivity (Wildman–Crippen MR) is 103 cm³/mol. The molecule has 0 radical (unpaired) electrons. The van der Waals surface area contributed by atoms with Gasteiger partial charge in [0.15, 0.2) is 6.79 Å². The minimum Gasteiger partial charge on any atom is -0.467 e. The Bertz CT molecular complexity index is 888. The Labute approximate surface area is 167 Å². The van der Waals surface area contributed by atoms with Gasteiger partial charge in [0, 0.05) is 36.3 Å². The summed E-state index contributed by atoms with van der Waals surface area (Å²) in [5.41, 5.74) is 2.02. The van der Waals surface area contributed by atoms with Crippen LogP contribution in [-0.4, -0.2) is 35.6 Å². The molecule has 2 aromatic rings. The fourth-order valence-corrected chi connectivity index (χ4v) is 3.09. The van der Waals surface area contributed by atoms with Gasteiger partial charge >= 0.3 is 0 Å². The third-order valence-electron chi connectivity index (χ3n) is 4.59. The van der Waals surface area contributed by atoms with Crippen molar-refractivity contribution >= 4 is 11.6 Å². The summed E-state index contributed by atoms with van der Waals surface area (Å²) in [4.78, 5) is 25.0. The summed E-state index contributed by atoms with van der Waals surface area (Å²) in [5.74, 6) is 0.0527. The molecule has 1 heterocycles. The number of amides is 1. The number of fused-ring (bicyclic) bond motifs is 1. The summed E-state index contributed by atoms with van der Waals surface area (Å²) in [6.45, 7) is 3.54. The second-order valence-corrected chi connectivity index (χ2v) is 6.67. The highest BCUT2D eigenvalue weighted by molar-refractivity contribution is 5.78. The van der Waals surface area contributed by atoms with E-state index in [1.165, 1.54) is 24.3 Å². The molecule has 8 nitrogen and oxygen atoms in total. The Morgan fingerprint density at radius 1 is 1.31 bits per heavy atom. The summed E-state index contributed by atoms with van der Waals surface area (Å²) in [5, 5.41) is 14.0. The number of carbonyl (C=O) groups excluding carboxylic acids is 1. The average molecular weight is 403 g/mol. The van der Waals surface area contributed by atoms with Gasteiger partial charge in [-0.05, 0) is 24.2 Å². The molecular weight excluding hydrogens is 381 g/mol. The Hall–Kier alpha value is -3.04. The van der Waals surface area contributed by atoms with Gasteiger partial charge in [0.1, 0.15) is 11.6 Å². The number of hydrogen-bond donors (Lipinski definition) is 1. The molecule has 0 saturated carbocycles. The zero-order valence-corrected chi connectivity index (χ0v) is 16.0. The molecule has 1 N–H and O–H groups in total. The average Bonchev–Trinajstić information content (AvgIpc) is 2.72. The number of non-ortho nitro benzene ring substituents is 1. The van der Waals surface area contributed by atoms with E-state index in [1.54, 1.807) is 12.1 Å². The van der Waals surface area contributed by atoms with E-state index in [0.29, 0.717) is 36.5 Å². The standard InChI is InChI=1S/C20H22FN3O5/c1-2-23(11-19(25)22-9-14-3-5-17(21)6-4-14)10-15-7-18(24(26)27)8-16-12-28-13-29-20(15)16/h3-8H,2,9-13H2,1H3,(H,22,25). The van der Waals surface area contributed by atoms with Crippen LogP contribution in [0.5, 0.6) is 5.75 Å². The molecule has 1 amide bonds. The number of benzene rings is 2. The second kappa shape index (κ2) is 9.44. The van der Waals surface area contributed by atoms with Crippen LogP contribution < -0.4 is 10.1 Å². The minimum atomic E-state index is -0.454. The largest absolute Gasteiger partial charge is 0.467 e. The number of hydrogen-bond acceptors (Lipinski definition) is 6. The number of rotatable bonds is 8. The van der Waals surface area contributed by atoms with Gasteiger partial charge in [-0.1, -0.05) is 19.1 Å². The van der Waals surface area contributed by atoms with Gasteiger partial charge in [-0.3, -0.25) is 19.8 Å². The lowest BCUT2D eigenvalue weighted by atomic mass is 10.1. The number of carbonyl (C=O) groups is 1. The van der Waals surface area contributed by atoms with Crippen molar-refractivity contribution < 1.29 is 23.6 Å². The van der Waals surface area contributed by atoms with Crippen molar-refractivity contribution in [2.45, 2.75) is 26.6 Å². The van der Waals surface area contributed by atoms with Crippen molar-refractivity contribution in [1.29, 1.82) is 0 Å². The molecule has 0 spiro atoms. The topological polar surface area (TPSA) is 93.9 Å². The molecule has 0 saturated heterocycles. The lowest BCUT2D eigenvalue weighted by molar-refractivity contribution is -0.385. The first-order valence-corrected chi connectivity index (χ1v) is 9.20. The normalized spacial score (nSPS) is 12.9. The minimum absolute atomic E-state index is 0.0373. The van der Waals surface area contributed by atoms with E-state index in [9.17, 15) is 19.3 Å². The fraction of sp³-hybridized carbons (Fsp3) is 0.350. The Morgan fingerprint density at radius 3 is 2.76 bits per heavy atom. The molecule has 9 heteroatoms. The molecule has 29 heavy (non-hydrogen) atoms. The lowest BCUT2D eigenvalue weighted by Gasteiger charge is -2.24. The predicted octanol–water partition coefficient (Wildman–Crippen LogP) is 2.74. The number of halogens is 1. The van der Waals surface area contributed by atoms with Gasteiger partial charge in [0.25, 0.3) is 5.69 Å². The van der Waals surface area contributed by atoms with Crippen molar-refractivity contribution in [3.05, 3.63) is 69.0 Å². The van der Waals surface area contributed by atoms with Gasteiger partial charge in [0.2, 0.25) is 5.91 Å². The summed E-state index contributed by atoms with van der Waals surface area (Å²) < 4.78 is 23.7. The third-order valence-corrected chi connectivity index (χ3v) is 4.59. The number of nitrogens with zero attached hydrogens (tertiary/aromatic N) is 2. The van der Waals surface area contributed by atoms with E-state index >= 15 is 0 Å². The first-order chi connectivity index (χ1) is 14.0. The van der Waals surface area contributed by atoms with Crippen molar-refractivity contribution in [2.24, 2.45) is 0 Å². The van der Waals surface area contributed by atoms with Crippen LogP contribution in [0, 0.1) is 15.9 Å². The van der Waals surface area contributed by atoms with Gasteiger partial charge in [0.05, 0.1) is 18.1 Å². The maximum Gasteiger partial charge on any atom is 0.270 e. The Kier molecular flexibility index (Phi) is 6.73. The zero-order valence-electron chi connectivity index (χ0n) is 16.0. The number of nitrogens with one attached hydrogen (secondary N) is 1. The number of ether oxygens (including phenoxy) is 2. The maximum atomic E-state index is 13.0. The smallest absolute Gasteiger partial charge is 0.270 e. The van der Waals surface area contributed by atoms with E-state index in [0.717, 1.165) is 5.56 Å². The van der Waals surface area contributed by atoms with Crippen LogP contribution in [0.25, 0.3) is 0 Å². The summed E-state index contributed by atoms with van der Waals surface area (Å²) in [7, 11) is 0. The molecule has 0 fully saturated rings. The molecule has 0 bridgehead atoms. The lowest BCUT2D eigenvalue weighted by Crippen LogP contribution is -2.36. The molecule has 154 valence electrons. The maximum absolute atomic E-state index is 13.0. The quantitative estimate of drug-likeness (QED) is 0.538. The van der Waals surface area contributed by atoms with Gasteiger partial charge in [-0.25, -0.2) is 4.39 Å². The monoisotopic (exact) mass is 403 g/mol. The molecule has 1 aliphatic heterocycles. The van der Waals surface area contributed by atoms with E-state index < -0.39 is 4.92 Å². The van der Waals surface area contributed by atoms with E-state index in [-0.39, 0.29) is 37.4 Å². The Morgan fingerprint density at radius 2 is 2.07 bits per heavy atom. The van der Waals surface area contributed by atoms with Crippen molar-refractivity contribution in [1.82, 2.24) is 10.2 Å². The summed E-state index contributed by atoms with van der Waals surface area (Å²) in [6.07, 6.45) is 0. The van der Waals surface area contributed by atoms with Crippen molar-refractivity contribution in [2.75, 3.05) is 19.9 Å². The van der Waals surface area contributed by atoms with E-state index in [1.807, 2.05) is 11.8 Å². The van der Waals surface area contributed by atoms with E-state index in [2.05, 4.69) is 5.32 Å². The first kappa shape index (κ1) is 20.7. The summed E-state index contributed by atoms with van der Waals surface area (Å²) >= 11 is 0. The summed E-state index contributed by atoms with van der Waals surface area (Å²) in [6, 6.07) is 8.83. The highest BCUT2D eigenvalue weighted by Crippen LogP contribution is 2.33. The molecular formula is C20H22FN3O5. The van der Waals surface area contributed by atoms with Crippen LogP contribution in [-0.2, 0) is 29.2 Å². The second-order valence-electron chi connectivity index (χ2n) is 6.67. The Balaban J connectivity index is 1.66. The molecule has 0 aliphatic carbocycles. The molecule has 1 aliphatic rings. The van der Waals surface area contributed by atoms with Crippen molar-refractivity contribution in [3.8, 4) is 5.75 Å². The van der Waals surface area contributed by atoms with Crippen LogP contribution in [0.15, 0.2) is 36.4 Å². The van der Waals surface area contributed by atoms with Crippen LogP contribution in [0.4, 0.5) is 10.1 Å². The molecule has 2 aromatic carbocycles. The van der Waals surface area contributed by atoms with Crippen LogP contribution in [0.3, 0.4) is 0 Å². The van der Waals surface area contributed by atoms with Crippen molar-refractivity contribution in [3.63, 3.8) is 0 Å². The highest BCUT2D eigenvalue weighted by atomic mass is 19.1.